The summed E-state index contributed by atoms with van der Waals surface area (Å²) < 4.78 is 98.8. The van der Waals surface area contributed by atoms with E-state index < -0.39 is 77.2 Å². The first kappa shape index (κ1) is 37.5. The van der Waals surface area contributed by atoms with Crippen LogP contribution in [-0.4, -0.2) is 53.1 Å². The van der Waals surface area contributed by atoms with Gasteiger partial charge in [-0.15, -0.1) is 0 Å². The minimum atomic E-state index is -5.07. The summed E-state index contributed by atoms with van der Waals surface area (Å²) in [7, 11) is 0. The van der Waals surface area contributed by atoms with Gasteiger partial charge in [0.15, 0.2) is 0 Å². The molecule has 1 heterocycles. The van der Waals surface area contributed by atoms with Gasteiger partial charge in [-0.25, -0.2) is 9.59 Å². The van der Waals surface area contributed by atoms with Crippen molar-refractivity contribution < 1.29 is 55.2 Å². The maximum Gasteiger partial charge on any atom is 0.416 e. The van der Waals surface area contributed by atoms with Gasteiger partial charge in [0, 0.05) is 13.0 Å². The molecule has 0 aliphatic carbocycles. The van der Waals surface area contributed by atoms with Crippen LogP contribution in [0.1, 0.15) is 68.0 Å². The highest BCUT2D eigenvalue weighted by atomic mass is 19.4. The quantitative estimate of drug-likeness (QED) is 0.232. The highest BCUT2D eigenvalue weighted by molar-refractivity contribution is 5.71. The lowest BCUT2D eigenvalue weighted by Crippen LogP contribution is -2.66. The molecule has 0 saturated carbocycles. The molecule has 4 atom stereocenters. The molecular formula is C35H38F6N2O6. The van der Waals surface area contributed by atoms with Crippen LogP contribution in [0.15, 0.2) is 78.9 Å². The second kappa shape index (κ2) is 14.7. The molecule has 1 unspecified atom stereocenters. The molecule has 0 bridgehead atoms. The number of nitrogens with zero attached hydrogens (tertiary/aromatic N) is 1. The van der Waals surface area contributed by atoms with E-state index in [9.17, 15) is 41.0 Å². The minimum absolute atomic E-state index is 0.0292. The Bertz CT molecular complexity index is 1550. The summed E-state index contributed by atoms with van der Waals surface area (Å²) in [5.41, 5.74) is -4.72. The summed E-state index contributed by atoms with van der Waals surface area (Å²) in [6.07, 6.45) is -14.8. The summed E-state index contributed by atoms with van der Waals surface area (Å²) in [5, 5.41) is 14.0. The van der Waals surface area contributed by atoms with Crippen LogP contribution in [-0.2, 0) is 38.7 Å². The van der Waals surface area contributed by atoms with Gasteiger partial charge in [-0.1, -0.05) is 60.7 Å². The molecule has 0 radical (unpaired) electrons. The van der Waals surface area contributed by atoms with E-state index in [1.807, 2.05) is 0 Å². The molecule has 1 aliphatic heterocycles. The average Bonchev–Trinajstić information content (AvgIpc) is 3.02. The van der Waals surface area contributed by atoms with Gasteiger partial charge in [-0.3, -0.25) is 4.90 Å². The fourth-order valence-corrected chi connectivity index (χ4v) is 5.55. The Morgan fingerprint density at radius 1 is 0.918 bits per heavy atom. The van der Waals surface area contributed by atoms with Crippen molar-refractivity contribution in [2.45, 2.75) is 82.5 Å². The van der Waals surface area contributed by atoms with Crippen LogP contribution >= 0.6 is 0 Å². The van der Waals surface area contributed by atoms with Crippen LogP contribution in [0.25, 0.3) is 0 Å². The molecular weight excluding hydrogens is 658 g/mol. The SMILES string of the molecule is C[C@@H](OCC1(c2ccccc2)C[C@H](O)[C@@H](NC(=O)OC(C)(C)C)CN1C(=O)OCc1ccccc1)c1cc(C(F)(F)F)cc(C(F)(F)F)c1. The lowest BCUT2D eigenvalue weighted by atomic mass is 9.78. The number of carbonyl (C=O) groups is 2. The fraction of sp³-hybridized carbons (Fsp3) is 0.429. The van der Waals surface area contributed by atoms with Crippen LogP contribution in [0, 0.1) is 0 Å². The maximum atomic E-state index is 13.9. The smallest absolute Gasteiger partial charge is 0.416 e. The first-order chi connectivity index (χ1) is 22.8. The Hall–Kier alpha value is -4.30. The highest BCUT2D eigenvalue weighted by Gasteiger charge is 2.51. The van der Waals surface area contributed by atoms with E-state index in [-0.39, 0.29) is 25.6 Å². The van der Waals surface area contributed by atoms with E-state index in [2.05, 4.69) is 5.32 Å². The average molecular weight is 697 g/mol. The first-order valence-corrected chi connectivity index (χ1v) is 15.4. The van der Waals surface area contributed by atoms with Gasteiger partial charge in [0.05, 0.1) is 41.5 Å². The molecule has 4 rings (SSSR count). The molecule has 0 aromatic heterocycles. The number of halogens is 6. The number of carbonyl (C=O) groups excluding carboxylic acids is 2. The van der Waals surface area contributed by atoms with Crippen LogP contribution in [0.3, 0.4) is 0 Å². The molecule has 1 saturated heterocycles. The van der Waals surface area contributed by atoms with Crippen molar-refractivity contribution >= 4 is 12.2 Å². The Labute approximate surface area is 280 Å². The van der Waals surface area contributed by atoms with Gasteiger partial charge in [-0.05, 0) is 62.6 Å². The zero-order valence-electron chi connectivity index (χ0n) is 27.3. The van der Waals surface area contributed by atoms with Crippen molar-refractivity contribution in [1.29, 1.82) is 0 Å². The maximum absolute atomic E-state index is 13.9. The molecule has 2 N–H and O–H groups in total. The van der Waals surface area contributed by atoms with Gasteiger partial charge in [-0.2, -0.15) is 26.3 Å². The number of amides is 2. The third-order valence-corrected chi connectivity index (χ3v) is 8.00. The summed E-state index contributed by atoms with van der Waals surface area (Å²) in [4.78, 5) is 27.9. The lowest BCUT2D eigenvalue weighted by Gasteiger charge is -2.51. The second-order valence-corrected chi connectivity index (χ2v) is 12.9. The van der Waals surface area contributed by atoms with E-state index >= 15 is 0 Å². The number of ether oxygens (including phenoxy) is 3. The van der Waals surface area contributed by atoms with Gasteiger partial charge >= 0.3 is 24.5 Å². The molecule has 49 heavy (non-hydrogen) atoms. The third-order valence-electron chi connectivity index (χ3n) is 8.00. The number of hydrogen-bond donors (Lipinski definition) is 2. The second-order valence-electron chi connectivity index (χ2n) is 12.9. The molecule has 2 amide bonds. The number of aliphatic hydroxyl groups is 1. The van der Waals surface area contributed by atoms with E-state index in [4.69, 9.17) is 14.2 Å². The van der Waals surface area contributed by atoms with Crippen molar-refractivity contribution in [3.05, 3.63) is 107 Å². The molecule has 1 aliphatic rings. The van der Waals surface area contributed by atoms with Crippen molar-refractivity contribution in [2.24, 2.45) is 0 Å². The summed E-state index contributed by atoms with van der Waals surface area (Å²) >= 11 is 0. The van der Waals surface area contributed by atoms with Gasteiger partial charge in [0.2, 0.25) is 0 Å². The molecule has 3 aromatic carbocycles. The van der Waals surface area contributed by atoms with Crippen LogP contribution in [0.4, 0.5) is 35.9 Å². The Balaban J connectivity index is 1.72. The van der Waals surface area contributed by atoms with Gasteiger partial charge < -0.3 is 24.6 Å². The Morgan fingerprint density at radius 2 is 1.47 bits per heavy atom. The molecule has 14 heteroatoms. The molecule has 266 valence electrons. The Morgan fingerprint density at radius 3 is 2.00 bits per heavy atom. The predicted octanol–water partition coefficient (Wildman–Crippen LogP) is 7.99. The number of nitrogens with one attached hydrogen (secondary N) is 1. The highest BCUT2D eigenvalue weighted by Crippen LogP contribution is 2.42. The monoisotopic (exact) mass is 696 g/mol. The van der Waals surface area contributed by atoms with Crippen molar-refractivity contribution in [3.8, 4) is 0 Å². The number of likely N-dealkylation sites (tertiary alicyclic amines) is 1. The van der Waals surface area contributed by atoms with E-state index in [1.54, 1.807) is 81.4 Å². The predicted molar refractivity (Wildman–Crippen MR) is 166 cm³/mol. The van der Waals surface area contributed by atoms with Crippen molar-refractivity contribution in [1.82, 2.24) is 10.2 Å². The number of alkyl halides is 6. The summed E-state index contributed by atoms with van der Waals surface area (Å²) in [5.74, 6) is 0. The lowest BCUT2D eigenvalue weighted by molar-refractivity contribution is -0.143. The van der Waals surface area contributed by atoms with Crippen LogP contribution in [0.5, 0.6) is 0 Å². The fourth-order valence-electron chi connectivity index (χ4n) is 5.55. The van der Waals surface area contributed by atoms with Gasteiger partial charge in [0.25, 0.3) is 0 Å². The van der Waals surface area contributed by atoms with E-state index in [0.29, 0.717) is 23.3 Å². The van der Waals surface area contributed by atoms with Crippen LogP contribution < -0.4 is 5.32 Å². The molecule has 0 spiro atoms. The zero-order chi connectivity index (χ0) is 36.2. The standard InChI is InChI=1S/C35H38F6N2O6/c1-22(24-15-26(34(36,37)38)17-27(16-24)35(39,40)41)48-21-33(25-13-9-6-10-14-25)18-29(44)28(42-30(45)49-32(2,3)4)19-43(33)31(46)47-20-23-11-7-5-8-12-23/h5-17,22,28-29,44H,18-21H2,1-4H3,(H,42,45)/t22-,28+,29+,33?/m1/s1. The number of aliphatic hydroxyl groups excluding tert-OH is 1. The topological polar surface area (TPSA) is 97.3 Å². The van der Waals surface area contributed by atoms with Gasteiger partial charge in [0.1, 0.15) is 12.2 Å². The molecule has 8 nitrogen and oxygen atoms in total. The van der Waals surface area contributed by atoms with E-state index in [0.717, 1.165) is 0 Å². The third kappa shape index (κ3) is 9.66. The summed E-state index contributed by atoms with van der Waals surface area (Å²) in [6.45, 7) is 5.30. The normalized spacial score (nSPS) is 20.8. The van der Waals surface area contributed by atoms with Crippen molar-refractivity contribution in [3.63, 3.8) is 0 Å². The van der Waals surface area contributed by atoms with E-state index in [1.165, 1.54) is 11.8 Å². The molecule has 3 aromatic rings. The Kier molecular flexibility index (Phi) is 11.2. The summed E-state index contributed by atoms with van der Waals surface area (Å²) in [6, 6.07) is 17.2. The van der Waals surface area contributed by atoms with Crippen molar-refractivity contribution in [2.75, 3.05) is 13.2 Å². The van der Waals surface area contributed by atoms with Crippen LogP contribution in [0.2, 0.25) is 0 Å². The zero-order valence-corrected chi connectivity index (χ0v) is 27.3. The number of rotatable bonds is 8. The largest absolute Gasteiger partial charge is 0.445 e. The molecule has 1 fully saturated rings. The number of alkyl carbamates (subject to hydrolysis) is 1. The number of hydrogen-bond acceptors (Lipinski definition) is 6. The number of piperidine rings is 1. The minimum Gasteiger partial charge on any atom is -0.445 e. The number of benzene rings is 3. The first-order valence-electron chi connectivity index (χ1n) is 15.4.